The smallest absolute Gasteiger partial charge is 0.231 e. The molecule has 1 saturated heterocycles. The molecule has 1 amide bonds. The topological polar surface area (TPSA) is 86.8 Å². The number of carbonyl (C=O) groups is 1. The highest BCUT2D eigenvalue weighted by atomic mass is 127. The van der Waals surface area contributed by atoms with Gasteiger partial charge in [-0.05, 0) is 18.6 Å². The van der Waals surface area contributed by atoms with Crippen LogP contribution >= 0.6 is 22.6 Å². The van der Waals surface area contributed by atoms with Crippen molar-refractivity contribution in [2.45, 2.75) is 10.5 Å². The lowest BCUT2D eigenvalue weighted by Gasteiger charge is -2.16. The second-order valence-corrected chi connectivity index (χ2v) is 6.20. The van der Waals surface area contributed by atoms with Crippen LogP contribution < -0.4 is 5.32 Å². The number of aromatic nitrogens is 3. The van der Waals surface area contributed by atoms with Gasteiger partial charge in [0.1, 0.15) is 10.4 Å². The van der Waals surface area contributed by atoms with Crippen LogP contribution in [0.5, 0.6) is 0 Å². The Morgan fingerprint density at radius 1 is 1.45 bits per heavy atom. The summed E-state index contributed by atoms with van der Waals surface area (Å²) in [5, 5.41) is 11.8. The van der Waals surface area contributed by atoms with Crippen molar-refractivity contribution in [3.05, 3.63) is 37.1 Å². The lowest BCUT2D eigenvalue weighted by atomic mass is 10.1. The number of amides is 1. The van der Waals surface area contributed by atoms with Gasteiger partial charge in [-0.25, -0.2) is 4.98 Å². The number of likely N-dealkylation sites (tertiary alicyclic amines) is 1. The van der Waals surface area contributed by atoms with E-state index in [1.54, 1.807) is 29.8 Å². The van der Waals surface area contributed by atoms with Gasteiger partial charge in [-0.1, -0.05) is 22.6 Å². The molecule has 1 aliphatic rings. The predicted octanol–water partition coefficient (Wildman–Crippen LogP) is 1.77. The SMILES string of the molecule is N#CN1CCC(C(=O)Nc2cn(-c3ccncc3)cn2)C1I. The van der Waals surface area contributed by atoms with Gasteiger partial charge in [-0.2, -0.15) is 5.26 Å². The average Bonchev–Trinajstić information content (AvgIpc) is 3.14. The molecule has 2 unspecified atom stereocenters. The number of nitrogens with zero attached hydrogens (tertiary/aromatic N) is 5. The van der Waals surface area contributed by atoms with Gasteiger partial charge in [0.25, 0.3) is 0 Å². The summed E-state index contributed by atoms with van der Waals surface area (Å²) in [6.07, 6.45) is 9.58. The zero-order valence-electron chi connectivity index (χ0n) is 11.6. The minimum Gasteiger partial charge on any atom is -0.309 e. The normalized spacial score (nSPS) is 20.6. The zero-order chi connectivity index (χ0) is 15.5. The van der Waals surface area contributed by atoms with Crippen LogP contribution in [0.4, 0.5) is 5.82 Å². The monoisotopic (exact) mass is 408 g/mol. The highest BCUT2D eigenvalue weighted by Gasteiger charge is 2.36. The molecule has 7 nitrogen and oxygen atoms in total. The van der Waals surface area contributed by atoms with Crippen LogP contribution in [-0.4, -0.2) is 35.9 Å². The lowest BCUT2D eigenvalue weighted by molar-refractivity contribution is -0.119. The van der Waals surface area contributed by atoms with E-state index in [1.807, 2.05) is 16.7 Å². The van der Waals surface area contributed by atoms with Crippen molar-refractivity contribution in [3.8, 4) is 11.9 Å². The van der Waals surface area contributed by atoms with Crippen LogP contribution in [-0.2, 0) is 4.79 Å². The summed E-state index contributed by atoms with van der Waals surface area (Å²) in [4.78, 5) is 22.1. The van der Waals surface area contributed by atoms with E-state index in [1.165, 1.54) is 0 Å². The number of anilines is 1. The third-order valence-electron chi connectivity index (χ3n) is 3.57. The minimum atomic E-state index is -0.202. The highest BCUT2D eigenvalue weighted by Crippen LogP contribution is 2.29. The van der Waals surface area contributed by atoms with E-state index >= 15 is 0 Å². The number of hydrogen-bond donors (Lipinski definition) is 1. The Bertz CT molecular complexity index is 710. The summed E-state index contributed by atoms with van der Waals surface area (Å²) in [7, 11) is 0. The molecule has 112 valence electrons. The van der Waals surface area contributed by atoms with Crippen molar-refractivity contribution in [1.82, 2.24) is 19.4 Å². The minimum absolute atomic E-state index is 0.0999. The van der Waals surface area contributed by atoms with Gasteiger partial charge >= 0.3 is 0 Å². The molecule has 0 bridgehead atoms. The first-order valence-corrected chi connectivity index (χ1v) is 7.99. The Morgan fingerprint density at radius 3 is 2.91 bits per heavy atom. The molecule has 2 atom stereocenters. The number of imidazole rings is 1. The first kappa shape index (κ1) is 14.8. The number of rotatable bonds is 3. The largest absolute Gasteiger partial charge is 0.309 e. The molecule has 0 saturated carbocycles. The van der Waals surface area contributed by atoms with Crippen LogP contribution in [0.25, 0.3) is 5.69 Å². The molecule has 1 N–H and O–H groups in total. The summed E-state index contributed by atoms with van der Waals surface area (Å²) in [5.41, 5.74) is 0.922. The van der Waals surface area contributed by atoms with Crippen molar-refractivity contribution in [2.75, 3.05) is 11.9 Å². The van der Waals surface area contributed by atoms with Gasteiger partial charge in [0.15, 0.2) is 12.0 Å². The van der Waals surface area contributed by atoms with E-state index in [9.17, 15) is 4.79 Å². The van der Waals surface area contributed by atoms with Crippen molar-refractivity contribution in [3.63, 3.8) is 0 Å². The van der Waals surface area contributed by atoms with Crippen molar-refractivity contribution in [1.29, 1.82) is 5.26 Å². The molecule has 2 aromatic heterocycles. The molecule has 8 heteroatoms. The van der Waals surface area contributed by atoms with Gasteiger partial charge in [-0.3, -0.25) is 14.7 Å². The Labute approximate surface area is 141 Å². The van der Waals surface area contributed by atoms with Gasteiger partial charge in [0.05, 0.1) is 12.1 Å². The number of halogens is 1. The molecular formula is C14H13IN6O. The summed E-state index contributed by atoms with van der Waals surface area (Å²) >= 11 is 2.14. The van der Waals surface area contributed by atoms with Crippen molar-refractivity contribution in [2.24, 2.45) is 5.92 Å². The maximum atomic E-state index is 12.3. The fourth-order valence-electron chi connectivity index (χ4n) is 2.38. The van der Waals surface area contributed by atoms with E-state index in [4.69, 9.17) is 5.26 Å². The second kappa shape index (κ2) is 6.31. The Morgan fingerprint density at radius 2 is 2.23 bits per heavy atom. The first-order valence-electron chi connectivity index (χ1n) is 6.75. The van der Waals surface area contributed by atoms with E-state index in [-0.39, 0.29) is 15.9 Å². The molecule has 1 fully saturated rings. The van der Waals surface area contributed by atoms with Crippen LogP contribution in [0.3, 0.4) is 0 Å². The fourth-order valence-corrected chi connectivity index (χ4v) is 3.47. The second-order valence-electron chi connectivity index (χ2n) is 4.92. The average molecular weight is 408 g/mol. The molecule has 22 heavy (non-hydrogen) atoms. The van der Waals surface area contributed by atoms with Gasteiger partial charge in [0, 0.05) is 24.6 Å². The van der Waals surface area contributed by atoms with Gasteiger partial charge in [0.2, 0.25) is 5.91 Å². The molecule has 0 aliphatic carbocycles. The van der Waals surface area contributed by atoms with E-state index in [0.717, 1.165) is 5.69 Å². The maximum absolute atomic E-state index is 12.3. The number of nitrogens with one attached hydrogen (secondary N) is 1. The number of carbonyl (C=O) groups excluding carboxylic acids is 1. The third-order valence-corrected chi connectivity index (χ3v) is 5.11. The van der Waals surface area contributed by atoms with Crippen LogP contribution in [0.1, 0.15) is 6.42 Å². The Kier molecular flexibility index (Phi) is 4.24. The third kappa shape index (κ3) is 2.89. The molecule has 1 aliphatic heterocycles. The van der Waals surface area contributed by atoms with Crippen LogP contribution in [0, 0.1) is 17.4 Å². The maximum Gasteiger partial charge on any atom is 0.231 e. The molecule has 0 aromatic carbocycles. The molecule has 3 heterocycles. The lowest BCUT2D eigenvalue weighted by Crippen LogP contribution is -2.30. The summed E-state index contributed by atoms with van der Waals surface area (Å²) < 4.78 is 1.71. The number of pyridine rings is 1. The molecule has 0 radical (unpaired) electrons. The van der Waals surface area contributed by atoms with E-state index in [0.29, 0.717) is 18.8 Å². The summed E-state index contributed by atoms with van der Waals surface area (Å²) in [6.45, 7) is 0.619. The summed E-state index contributed by atoms with van der Waals surface area (Å²) in [5.74, 6) is 0.198. The standard InChI is InChI=1S/C14H13IN6O/c15-13-11(3-6-20(13)8-16)14(22)19-12-7-21(9-18-12)10-1-4-17-5-2-10/h1-2,4-5,7,9,11,13H,3,6H2,(H,19,22). The molecule has 3 rings (SSSR count). The van der Waals surface area contributed by atoms with Crippen molar-refractivity contribution < 1.29 is 4.79 Å². The first-order chi connectivity index (χ1) is 10.7. The van der Waals surface area contributed by atoms with Crippen LogP contribution in [0.15, 0.2) is 37.1 Å². The quantitative estimate of drug-likeness (QED) is 0.362. The van der Waals surface area contributed by atoms with Gasteiger partial charge < -0.3 is 9.88 Å². The zero-order valence-corrected chi connectivity index (χ0v) is 13.7. The van der Waals surface area contributed by atoms with Crippen molar-refractivity contribution >= 4 is 34.3 Å². The van der Waals surface area contributed by atoms with Crippen LogP contribution in [0.2, 0.25) is 0 Å². The van der Waals surface area contributed by atoms with Gasteiger partial charge in [-0.15, -0.1) is 0 Å². The summed E-state index contributed by atoms with van der Waals surface area (Å²) in [6, 6.07) is 3.71. The molecular weight excluding hydrogens is 395 g/mol. The highest BCUT2D eigenvalue weighted by molar-refractivity contribution is 14.1. The Hall–Kier alpha value is -2.15. The van der Waals surface area contributed by atoms with E-state index in [2.05, 4.69) is 44.1 Å². The molecule has 0 spiro atoms. The number of hydrogen-bond acceptors (Lipinski definition) is 5. The fraction of sp³-hybridized carbons (Fsp3) is 0.286. The molecule has 2 aromatic rings. The number of alkyl halides is 1. The van der Waals surface area contributed by atoms with E-state index < -0.39 is 0 Å². The Balaban J connectivity index is 1.68. The number of nitriles is 1. The predicted molar refractivity (Wildman–Crippen MR) is 88.2 cm³/mol.